The lowest BCUT2D eigenvalue weighted by molar-refractivity contribution is 0.0886. The van der Waals surface area contributed by atoms with Crippen LogP contribution < -0.4 is 5.73 Å². The summed E-state index contributed by atoms with van der Waals surface area (Å²) < 4.78 is 1.72. The molecule has 0 bridgehead atoms. The average molecular weight is 283 g/mol. The molecule has 21 heavy (non-hydrogen) atoms. The smallest absolute Gasteiger partial charge is 0.185 e. The van der Waals surface area contributed by atoms with Gasteiger partial charge in [-0.15, -0.1) is 0 Å². The SMILES string of the molecule is NC1CCCCCC1C(=O)c1ccnn1-c1ccccc1. The summed E-state index contributed by atoms with van der Waals surface area (Å²) >= 11 is 0. The second-order valence-electron chi connectivity index (χ2n) is 5.74. The van der Waals surface area contributed by atoms with Crippen molar-refractivity contribution in [3.8, 4) is 5.69 Å². The van der Waals surface area contributed by atoms with Gasteiger partial charge in [0.1, 0.15) is 5.69 Å². The Morgan fingerprint density at radius 1 is 1.10 bits per heavy atom. The molecule has 1 aliphatic carbocycles. The summed E-state index contributed by atoms with van der Waals surface area (Å²) in [5, 5.41) is 4.31. The largest absolute Gasteiger partial charge is 0.327 e. The van der Waals surface area contributed by atoms with E-state index in [-0.39, 0.29) is 17.7 Å². The van der Waals surface area contributed by atoms with E-state index in [0.29, 0.717) is 5.69 Å². The number of carbonyl (C=O) groups excluding carboxylic acids is 1. The fraction of sp³-hybridized carbons (Fsp3) is 0.412. The summed E-state index contributed by atoms with van der Waals surface area (Å²) in [6.45, 7) is 0. The molecule has 110 valence electrons. The molecule has 2 aromatic rings. The van der Waals surface area contributed by atoms with Crippen molar-refractivity contribution in [1.29, 1.82) is 0 Å². The Kier molecular flexibility index (Phi) is 4.15. The van der Waals surface area contributed by atoms with Crippen molar-refractivity contribution in [3.05, 3.63) is 48.3 Å². The number of aromatic nitrogens is 2. The van der Waals surface area contributed by atoms with Crippen LogP contribution in [-0.2, 0) is 0 Å². The van der Waals surface area contributed by atoms with Gasteiger partial charge in [0, 0.05) is 12.0 Å². The number of carbonyl (C=O) groups is 1. The Morgan fingerprint density at radius 3 is 2.67 bits per heavy atom. The fourth-order valence-corrected chi connectivity index (χ4v) is 3.12. The van der Waals surface area contributed by atoms with Crippen molar-refractivity contribution in [2.75, 3.05) is 0 Å². The zero-order chi connectivity index (χ0) is 14.7. The highest BCUT2D eigenvalue weighted by molar-refractivity contribution is 5.97. The number of hydrogen-bond donors (Lipinski definition) is 1. The maximum absolute atomic E-state index is 12.9. The monoisotopic (exact) mass is 283 g/mol. The zero-order valence-corrected chi connectivity index (χ0v) is 12.1. The van der Waals surface area contributed by atoms with Crippen molar-refractivity contribution in [3.63, 3.8) is 0 Å². The number of para-hydroxylation sites is 1. The predicted molar refractivity (Wildman–Crippen MR) is 82.4 cm³/mol. The van der Waals surface area contributed by atoms with E-state index in [9.17, 15) is 4.79 Å². The maximum atomic E-state index is 12.9. The maximum Gasteiger partial charge on any atom is 0.185 e. The highest BCUT2D eigenvalue weighted by Gasteiger charge is 2.29. The summed E-state index contributed by atoms with van der Waals surface area (Å²) in [5.74, 6) is 0.0532. The van der Waals surface area contributed by atoms with Crippen LogP contribution in [0, 0.1) is 5.92 Å². The van der Waals surface area contributed by atoms with E-state index >= 15 is 0 Å². The Bertz CT molecular complexity index is 606. The van der Waals surface area contributed by atoms with Crippen LogP contribution in [0.5, 0.6) is 0 Å². The van der Waals surface area contributed by atoms with Gasteiger partial charge in [-0.05, 0) is 31.0 Å². The molecule has 1 saturated carbocycles. The number of ketones is 1. The van der Waals surface area contributed by atoms with Crippen LogP contribution in [0.25, 0.3) is 5.69 Å². The minimum atomic E-state index is -0.0772. The first-order valence-corrected chi connectivity index (χ1v) is 7.66. The number of rotatable bonds is 3. The van der Waals surface area contributed by atoms with Crippen molar-refractivity contribution in [2.24, 2.45) is 11.7 Å². The quantitative estimate of drug-likeness (QED) is 0.696. The number of nitrogens with two attached hydrogens (primary N) is 1. The number of Topliss-reactive ketones (excluding diaryl/α,β-unsaturated/α-hetero) is 1. The van der Waals surface area contributed by atoms with Crippen LogP contribution in [0.2, 0.25) is 0 Å². The lowest BCUT2D eigenvalue weighted by atomic mass is 9.89. The molecule has 1 aliphatic rings. The summed E-state index contributed by atoms with van der Waals surface area (Å²) in [5.41, 5.74) is 7.78. The molecule has 4 nitrogen and oxygen atoms in total. The van der Waals surface area contributed by atoms with Crippen molar-refractivity contribution >= 4 is 5.78 Å². The van der Waals surface area contributed by atoms with Gasteiger partial charge in [0.2, 0.25) is 0 Å². The highest BCUT2D eigenvalue weighted by Crippen LogP contribution is 2.26. The molecule has 0 radical (unpaired) electrons. The van der Waals surface area contributed by atoms with Crippen LogP contribution in [0.1, 0.15) is 42.6 Å². The van der Waals surface area contributed by atoms with Crippen LogP contribution in [0.3, 0.4) is 0 Å². The van der Waals surface area contributed by atoms with E-state index in [0.717, 1.165) is 31.4 Å². The van der Waals surface area contributed by atoms with Gasteiger partial charge in [-0.1, -0.05) is 37.5 Å². The molecule has 0 amide bonds. The van der Waals surface area contributed by atoms with Gasteiger partial charge in [0.05, 0.1) is 11.9 Å². The van der Waals surface area contributed by atoms with Gasteiger partial charge < -0.3 is 5.73 Å². The van der Waals surface area contributed by atoms with Gasteiger partial charge in [0.25, 0.3) is 0 Å². The summed E-state index contributed by atoms with van der Waals surface area (Å²) in [7, 11) is 0. The third kappa shape index (κ3) is 2.90. The van der Waals surface area contributed by atoms with Crippen LogP contribution in [-0.4, -0.2) is 21.6 Å². The summed E-state index contributed by atoms with van der Waals surface area (Å²) in [4.78, 5) is 12.9. The van der Waals surface area contributed by atoms with Crippen molar-refractivity contribution < 1.29 is 4.79 Å². The first-order valence-electron chi connectivity index (χ1n) is 7.66. The van der Waals surface area contributed by atoms with Gasteiger partial charge in [-0.3, -0.25) is 4.79 Å². The van der Waals surface area contributed by atoms with E-state index in [4.69, 9.17) is 5.73 Å². The van der Waals surface area contributed by atoms with Crippen LogP contribution >= 0.6 is 0 Å². The standard InChI is InChI=1S/C17H21N3O/c18-15-10-6-2-5-9-14(15)17(21)16-11-12-19-20(16)13-7-3-1-4-8-13/h1,3-4,7-8,11-12,14-15H,2,5-6,9-10,18H2. The molecule has 1 aromatic heterocycles. The Labute approximate surface area is 125 Å². The first-order chi connectivity index (χ1) is 10.3. The third-order valence-electron chi connectivity index (χ3n) is 4.30. The molecule has 0 saturated heterocycles. The average Bonchev–Trinajstić information content (AvgIpc) is 2.91. The molecule has 4 heteroatoms. The Morgan fingerprint density at radius 2 is 1.86 bits per heavy atom. The molecule has 1 aromatic carbocycles. The highest BCUT2D eigenvalue weighted by atomic mass is 16.1. The van der Waals surface area contributed by atoms with Crippen LogP contribution in [0.15, 0.2) is 42.6 Å². The molecule has 0 spiro atoms. The van der Waals surface area contributed by atoms with Crippen molar-refractivity contribution in [1.82, 2.24) is 9.78 Å². The Balaban J connectivity index is 1.90. The molecule has 0 aliphatic heterocycles. The molecule has 3 rings (SSSR count). The predicted octanol–water partition coefficient (Wildman–Crippen LogP) is 2.96. The third-order valence-corrected chi connectivity index (χ3v) is 4.30. The Hall–Kier alpha value is -1.94. The normalized spacial score (nSPS) is 22.7. The lowest BCUT2D eigenvalue weighted by Crippen LogP contribution is -2.35. The fourth-order valence-electron chi connectivity index (χ4n) is 3.12. The minimum absolute atomic E-state index is 0.0286. The van der Waals surface area contributed by atoms with E-state index in [2.05, 4.69) is 5.10 Å². The van der Waals surface area contributed by atoms with Gasteiger partial charge in [-0.2, -0.15) is 5.10 Å². The molecular weight excluding hydrogens is 262 g/mol. The van der Waals surface area contributed by atoms with E-state index in [1.54, 1.807) is 16.9 Å². The van der Waals surface area contributed by atoms with Gasteiger partial charge in [-0.25, -0.2) is 4.68 Å². The molecule has 2 atom stereocenters. The topological polar surface area (TPSA) is 60.9 Å². The summed E-state index contributed by atoms with van der Waals surface area (Å²) in [6.07, 6.45) is 6.90. The minimum Gasteiger partial charge on any atom is -0.327 e. The molecule has 1 heterocycles. The van der Waals surface area contributed by atoms with Gasteiger partial charge in [0.15, 0.2) is 5.78 Å². The molecule has 2 N–H and O–H groups in total. The zero-order valence-electron chi connectivity index (χ0n) is 12.1. The summed E-state index contributed by atoms with van der Waals surface area (Å²) in [6, 6.07) is 11.5. The number of hydrogen-bond acceptors (Lipinski definition) is 3. The molecular formula is C17H21N3O. The van der Waals surface area contributed by atoms with Gasteiger partial charge >= 0.3 is 0 Å². The second-order valence-corrected chi connectivity index (χ2v) is 5.74. The van der Waals surface area contributed by atoms with E-state index < -0.39 is 0 Å². The van der Waals surface area contributed by atoms with E-state index in [1.807, 2.05) is 30.3 Å². The van der Waals surface area contributed by atoms with Crippen molar-refractivity contribution in [2.45, 2.75) is 38.1 Å². The molecule has 1 fully saturated rings. The second kappa shape index (κ2) is 6.22. The van der Waals surface area contributed by atoms with Crippen LogP contribution in [0.4, 0.5) is 0 Å². The number of benzene rings is 1. The molecule has 2 unspecified atom stereocenters. The number of nitrogens with zero attached hydrogens (tertiary/aromatic N) is 2. The lowest BCUT2D eigenvalue weighted by Gasteiger charge is -2.20. The van der Waals surface area contributed by atoms with E-state index in [1.165, 1.54) is 6.42 Å². The first kappa shape index (κ1) is 14.0.